The predicted molar refractivity (Wildman–Crippen MR) is 86.9 cm³/mol. The Morgan fingerprint density at radius 3 is 2.42 bits per heavy atom. The smallest absolute Gasteiger partial charge is 0.389 e. The zero-order chi connectivity index (χ0) is 19.5. The van der Waals surface area contributed by atoms with E-state index in [1.54, 1.807) is 19.1 Å². The SMILES string of the molecule is C[C@@H](NC(=O)c1cn(C)nc1CCC(F)(F)F)c1ccc(C(=O)O)cc1. The van der Waals surface area contributed by atoms with Gasteiger partial charge in [-0.2, -0.15) is 18.3 Å². The lowest BCUT2D eigenvalue weighted by Gasteiger charge is -2.14. The molecule has 6 nitrogen and oxygen atoms in total. The van der Waals surface area contributed by atoms with Crippen molar-refractivity contribution < 1.29 is 27.9 Å². The Morgan fingerprint density at radius 2 is 1.88 bits per heavy atom. The van der Waals surface area contributed by atoms with Crippen LogP contribution < -0.4 is 5.32 Å². The second-order valence-corrected chi connectivity index (χ2v) is 5.90. The van der Waals surface area contributed by atoms with E-state index < -0.39 is 30.5 Å². The molecule has 1 atom stereocenters. The standard InChI is InChI=1S/C17H18F3N3O3/c1-10(11-3-5-12(6-4-11)16(25)26)21-15(24)13-9-23(2)22-14(13)7-8-17(18,19)20/h3-6,9-10H,7-8H2,1-2H3,(H,21,24)(H,25,26)/t10-/m1/s1. The molecule has 1 heterocycles. The van der Waals surface area contributed by atoms with Crippen LogP contribution in [0.25, 0.3) is 0 Å². The van der Waals surface area contributed by atoms with Gasteiger partial charge >= 0.3 is 12.1 Å². The molecule has 0 spiro atoms. The third-order valence-corrected chi connectivity index (χ3v) is 3.80. The summed E-state index contributed by atoms with van der Waals surface area (Å²) < 4.78 is 38.6. The van der Waals surface area contributed by atoms with Crippen molar-refractivity contribution in [3.8, 4) is 0 Å². The second kappa shape index (κ2) is 7.59. The molecule has 26 heavy (non-hydrogen) atoms. The fourth-order valence-corrected chi connectivity index (χ4v) is 2.44. The van der Waals surface area contributed by atoms with E-state index in [0.717, 1.165) is 0 Å². The summed E-state index contributed by atoms with van der Waals surface area (Å²) in [6.45, 7) is 1.69. The van der Waals surface area contributed by atoms with Crippen LogP contribution in [0.3, 0.4) is 0 Å². The lowest BCUT2D eigenvalue weighted by atomic mass is 10.1. The highest BCUT2D eigenvalue weighted by molar-refractivity contribution is 5.95. The fourth-order valence-electron chi connectivity index (χ4n) is 2.44. The summed E-state index contributed by atoms with van der Waals surface area (Å²) >= 11 is 0. The lowest BCUT2D eigenvalue weighted by Crippen LogP contribution is -2.27. The zero-order valence-corrected chi connectivity index (χ0v) is 14.2. The van der Waals surface area contributed by atoms with E-state index in [2.05, 4.69) is 10.4 Å². The number of carboxylic acid groups (broad SMARTS) is 1. The van der Waals surface area contributed by atoms with E-state index in [-0.39, 0.29) is 23.2 Å². The van der Waals surface area contributed by atoms with Gasteiger partial charge in [0.25, 0.3) is 5.91 Å². The number of carbonyl (C=O) groups is 2. The molecule has 2 N–H and O–H groups in total. The van der Waals surface area contributed by atoms with Crippen LogP contribution in [0.4, 0.5) is 13.2 Å². The molecule has 9 heteroatoms. The monoisotopic (exact) mass is 369 g/mol. The van der Waals surface area contributed by atoms with Gasteiger partial charge in [0.1, 0.15) is 0 Å². The van der Waals surface area contributed by atoms with Crippen LogP contribution in [-0.4, -0.2) is 32.9 Å². The average molecular weight is 369 g/mol. The Morgan fingerprint density at radius 1 is 1.27 bits per heavy atom. The normalized spacial score (nSPS) is 12.7. The molecule has 0 saturated heterocycles. The molecule has 1 aromatic carbocycles. The average Bonchev–Trinajstić information content (AvgIpc) is 2.93. The molecule has 0 bridgehead atoms. The van der Waals surface area contributed by atoms with Gasteiger partial charge in [-0.1, -0.05) is 12.1 Å². The Hall–Kier alpha value is -2.84. The van der Waals surface area contributed by atoms with Gasteiger partial charge < -0.3 is 10.4 Å². The molecule has 0 unspecified atom stereocenters. The molecular formula is C17H18F3N3O3. The van der Waals surface area contributed by atoms with Crippen LogP contribution in [0.2, 0.25) is 0 Å². The number of alkyl halides is 3. The Balaban J connectivity index is 2.10. The molecular weight excluding hydrogens is 351 g/mol. The molecule has 0 saturated carbocycles. The van der Waals surface area contributed by atoms with Gasteiger partial charge in [0.05, 0.1) is 22.9 Å². The van der Waals surface area contributed by atoms with Gasteiger partial charge in [-0.25, -0.2) is 4.79 Å². The number of aryl methyl sites for hydroxylation is 2. The Labute approximate surface area is 147 Å². The number of nitrogens with zero attached hydrogens (tertiary/aromatic N) is 2. The predicted octanol–water partition coefficient (Wildman–Crippen LogP) is 3.10. The zero-order valence-electron chi connectivity index (χ0n) is 14.2. The van der Waals surface area contributed by atoms with Crippen molar-refractivity contribution in [1.29, 1.82) is 0 Å². The third kappa shape index (κ3) is 5.08. The van der Waals surface area contributed by atoms with Crippen LogP contribution in [0.15, 0.2) is 30.5 Å². The number of aromatic nitrogens is 2. The molecule has 2 aromatic rings. The van der Waals surface area contributed by atoms with Crippen molar-refractivity contribution in [2.24, 2.45) is 7.05 Å². The fraction of sp³-hybridized carbons (Fsp3) is 0.353. The van der Waals surface area contributed by atoms with E-state index >= 15 is 0 Å². The van der Waals surface area contributed by atoms with Crippen LogP contribution in [-0.2, 0) is 13.5 Å². The highest BCUT2D eigenvalue weighted by Crippen LogP contribution is 2.23. The summed E-state index contributed by atoms with van der Waals surface area (Å²) in [5, 5.41) is 15.5. The van der Waals surface area contributed by atoms with E-state index in [1.165, 1.54) is 30.1 Å². The van der Waals surface area contributed by atoms with Crippen LogP contribution in [0.1, 0.15) is 51.4 Å². The number of amides is 1. The topological polar surface area (TPSA) is 84.2 Å². The molecule has 0 aliphatic carbocycles. The van der Waals surface area contributed by atoms with Crippen LogP contribution in [0, 0.1) is 0 Å². The van der Waals surface area contributed by atoms with Gasteiger partial charge in [0.15, 0.2) is 0 Å². The van der Waals surface area contributed by atoms with E-state index in [0.29, 0.717) is 5.56 Å². The van der Waals surface area contributed by atoms with Gasteiger partial charge in [-0.15, -0.1) is 0 Å². The number of carbonyl (C=O) groups excluding carboxylic acids is 1. The molecule has 140 valence electrons. The Kier molecular flexibility index (Phi) is 5.69. The molecule has 0 radical (unpaired) electrons. The number of aromatic carboxylic acids is 1. The number of benzene rings is 1. The molecule has 0 aliphatic rings. The van der Waals surface area contributed by atoms with Crippen molar-refractivity contribution in [1.82, 2.24) is 15.1 Å². The first-order valence-electron chi connectivity index (χ1n) is 7.80. The number of halogens is 3. The second-order valence-electron chi connectivity index (χ2n) is 5.90. The number of hydrogen-bond donors (Lipinski definition) is 2. The first-order chi connectivity index (χ1) is 12.1. The largest absolute Gasteiger partial charge is 0.478 e. The molecule has 2 rings (SSSR count). The van der Waals surface area contributed by atoms with Crippen molar-refractivity contribution in [3.05, 3.63) is 52.8 Å². The number of carboxylic acids is 1. The quantitative estimate of drug-likeness (QED) is 0.820. The minimum atomic E-state index is -4.33. The summed E-state index contributed by atoms with van der Waals surface area (Å²) in [5.41, 5.74) is 0.958. The van der Waals surface area contributed by atoms with Crippen LogP contribution >= 0.6 is 0 Å². The maximum atomic E-state index is 12.4. The van der Waals surface area contributed by atoms with Crippen molar-refractivity contribution in [3.63, 3.8) is 0 Å². The maximum absolute atomic E-state index is 12.4. The summed E-state index contributed by atoms with van der Waals surface area (Å²) in [5.74, 6) is -1.59. The van der Waals surface area contributed by atoms with Crippen molar-refractivity contribution in [2.75, 3.05) is 0 Å². The third-order valence-electron chi connectivity index (χ3n) is 3.80. The van der Waals surface area contributed by atoms with Crippen molar-refractivity contribution in [2.45, 2.75) is 32.0 Å². The van der Waals surface area contributed by atoms with Crippen LogP contribution in [0.5, 0.6) is 0 Å². The highest BCUT2D eigenvalue weighted by atomic mass is 19.4. The van der Waals surface area contributed by atoms with E-state index in [4.69, 9.17) is 5.11 Å². The van der Waals surface area contributed by atoms with E-state index in [9.17, 15) is 22.8 Å². The molecule has 1 amide bonds. The summed E-state index contributed by atoms with van der Waals surface area (Å²) in [7, 11) is 1.53. The van der Waals surface area contributed by atoms with Gasteiger partial charge in [-0.3, -0.25) is 9.48 Å². The maximum Gasteiger partial charge on any atom is 0.389 e. The van der Waals surface area contributed by atoms with Gasteiger partial charge in [0, 0.05) is 26.1 Å². The van der Waals surface area contributed by atoms with Crippen molar-refractivity contribution >= 4 is 11.9 Å². The number of hydrogen-bond acceptors (Lipinski definition) is 3. The molecule has 0 aliphatic heterocycles. The Bertz CT molecular complexity index is 798. The summed E-state index contributed by atoms with van der Waals surface area (Å²) in [4.78, 5) is 23.3. The minimum absolute atomic E-state index is 0.0794. The number of nitrogens with one attached hydrogen (secondary N) is 1. The molecule has 1 aromatic heterocycles. The summed E-state index contributed by atoms with van der Waals surface area (Å²) in [6, 6.07) is 5.52. The molecule has 0 fully saturated rings. The van der Waals surface area contributed by atoms with Gasteiger partial charge in [0.2, 0.25) is 0 Å². The number of rotatable bonds is 6. The summed E-state index contributed by atoms with van der Waals surface area (Å²) in [6.07, 6.45) is -4.39. The van der Waals surface area contributed by atoms with Gasteiger partial charge in [-0.05, 0) is 24.6 Å². The first kappa shape index (κ1) is 19.5. The highest BCUT2D eigenvalue weighted by Gasteiger charge is 2.28. The first-order valence-corrected chi connectivity index (χ1v) is 7.80. The minimum Gasteiger partial charge on any atom is -0.478 e. The van der Waals surface area contributed by atoms with E-state index in [1.807, 2.05) is 0 Å². The lowest BCUT2D eigenvalue weighted by molar-refractivity contribution is -0.134.